The molecule has 2 aromatic carbocycles. The number of pyridine rings is 1. The maximum absolute atomic E-state index is 13.5. The Kier molecular flexibility index (Phi) is 7.16. The second-order valence-corrected chi connectivity index (χ2v) is 9.96. The van der Waals surface area contributed by atoms with E-state index in [1.54, 1.807) is 14.2 Å². The summed E-state index contributed by atoms with van der Waals surface area (Å²) in [7, 11) is 3.33. The number of nitrogens with zero attached hydrogens (tertiary/aromatic N) is 6. The van der Waals surface area contributed by atoms with Crippen molar-refractivity contribution in [1.29, 1.82) is 0 Å². The number of hydrogen-bond donors (Lipinski definition) is 1. The normalized spacial score (nSPS) is 18.9. The number of nitrogens with one attached hydrogen (secondary N) is 1. The van der Waals surface area contributed by atoms with Crippen molar-refractivity contribution in [1.82, 2.24) is 30.1 Å². The predicted molar refractivity (Wildman–Crippen MR) is 147 cm³/mol. The fourth-order valence-corrected chi connectivity index (χ4v) is 5.66. The summed E-state index contributed by atoms with van der Waals surface area (Å²) in [5, 5.41) is 13.7. The minimum atomic E-state index is -0.430. The number of para-hydroxylation sites is 2. The van der Waals surface area contributed by atoms with Crippen molar-refractivity contribution in [3.05, 3.63) is 70.3 Å². The number of aromatic nitrogens is 5. The quantitative estimate of drug-likeness (QED) is 0.367. The average Bonchev–Trinajstić information content (AvgIpc) is 3.66. The number of anilines is 1. The second kappa shape index (κ2) is 11.0. The Balaban J connectivity index is 1.37. The number of tetrazole rings is 1. The van der Waals surface area contributed by atoms with Crippen LogP contribution in [0.15, 0.2) is 53.3 Å². The van der Waals surface area contributed by atoms with Gasteiger partial charge >= 0.3 is 0 Å². The van der Waals surface area contributed by atoms with E-state index in [2.05, 4.69) is 36.4 Å². The lowest BCUT2D eigenvalue weighted by Gasteiger charge is -2.40. The monoisotopic (exact) mass is 531 g/mol. The number of rotatable bonds is 8. The number of piperazine rings is 1. The molecular weight excluding hydrogens is 498 g/mol. The van der Waals surface area contributed by atoms with Gasteiger partial charge in [-0.1, -0.05) is 12.1 Å². The van der Waals surface area contributed by atoms with Crippen molar-refractivity contribution in [3.63, 3.8) is 0 Å². The number of H-pyrrole nitrogens is 1. The van der Waals surface area contributed by atoms with Crippen molar-refractivity contribution in [2.75, 3.05) is 51.9 Å². The van der Waals surface area contributed by atoms with E-state index in [1.807, 2.05) is 47.1 Å². The Morgan fingerprint density at radius 2 is 1.92 bits per heavy atom. The molecule has 4 aromatic rings. The predicted octanol–water partition coefficient (Wildman–Crippen LogP) is 2.62. The van der Waals surface area contributed by atoms with Crippen molar-refractivity contribution in [2.45, 2.75) is 31.5 Å². The highest BCUT2D eigenvalue weighted by atomic mass is 16.5. The van der Waals surface area contributed by atoms with Crippen molar-refractivity contribution in [3.8, 4) is 11.5 Å². The molecule has 11 nitrogen and oxygen atoms in total. The number of benzene rings is 2. The van der Waals surface area contributed by atoms with Crippen LogP contribution in [0.1, 0.15) is 30.3 Å². The van der Waals surface area contributed by atoms with Gasteiger partial charge in [0, 0.05) is 49.3 Å². The molecule has 2 aliphatic rings. The molecule has 2 saturated heterocycles. The van der Waals surface area contributed by atoms with Crippen LogP contribution in [0, 0.1) is 0 Å². The Morgan fingerprint density at radius 1 is 1.08 bits per heavy atom. The second-order valence-electron chi connectivity index (χ2n) is 9.96. The van der Waals surface area contributed by atoms with Crippen LogP contribution in [0.5, 0.6) is 11.5 Å². The highest BCUT2D eigenvalue weighted by Crippen LogP contribution is 2.32. The third kappa shape index (κ3) is 5.07. The summed E-state index contributed by atoms with van der Waals surface area (Å²) in [4.78, 5) is 21.2. The lowest BCUT2D eigenvalue weighted by molar-refractivity contribution is 0.0906. The molecule has 204 valence electrons. The highest BCUT2D eigenvalue weighted by molar-refractivity contribution is 5.80. The molecule has 4 heterocycles. The first-order chi connectivity index (χ1) is 19.1. The van der Waals surface area contributed by atoms with Gasteiger partial charge in [0.2, 0.25) is 0 Å². The van der Waals surface area contributed by atoms with Crippen molar-refractivity contribution >= 4 is 16.6 Å². The zero-order valence-corrected chi connectivity index (χ0v) is 22.2. The molecule has 2 aromatic heterocycles. The van der Waals surface area contributed by atoms with Gasteiger partial charge in [-0.2, -0.15) is 0 Å². The van der Waals surface area contributed by atoms with E-state index in [0.29, 0.717) is 31.0 Å². The van der Waals surface area contributed by atoms with Crippen LogP contribution in [0.25, 0.3) is 10.9 Å². The zero-order chi connectivity index (χ0) is 26.8. The molecule has 0 aliphatic carbocycles. The van der Waals surface area contributed by atoms with E-state index in [-0.39, 0.29) is 11.7 Å². The van der Waals surface area contributed by atoms with Gasteiger partial charge in [0.25, 0.3) is 5.56 Å². The minimum absolute atomic E-state index is 0.0643. The Bertz CT molecular complexity index is 1490. The van der Waals surface area contributed by atoms with Gasteiger partial charge in [-0.15, -0.1) is 5.10 Å². The van der Waals surface area contributed by atoms with Crippen LogP contribution >= 0.6 is 0 Å². The summed E-state index contributed by atoms with van der Waals surface area (Å²) in [5.41, 5.74) is 2.26. The number of aromatic amines is 1. The third-order valence-electron chi connectivity index (χ3n) is 7.68. The topological polar surface area (TPSA) is 111 Å². The number of hydrogen-bond acceptors (Lipinski definition) is 9. The van der Waals surface area contributed by atoms with E-state index in [1.165, 1.54) is 0 Å². The SMILES string of the molecule is COc1ccc2[nH]c(=O)c([C@@H](c3nnnn3C[C@H]3CCCO3)N3CCN(c4ccccc4OC)CC3)cc2c1. The van der Waals surface area contributed by atoms with Gasteiger partial charge in [-0.05, 0) is 59.7 Å². The number of ether oxygens (including phenoxy) is 3. The highest BCUT2D eigenvalue weighted by Gasteiger charge is 2.34. The van der Waals surface area contributed by atoms with Crippen LogP contribution < -0.4 is 19.9 Å². The van der Waals surface area contributed by atoms with E-state index in [0.717, 1.165) is 60.6 Å². The average molecular weight is 532 g/mol. The molecule has 2 aliphatic heterocycles. The largest absolute Gasteiger partial charge is 0.497 e. The van der Waals surface area contributed by atoms with E-state index >= 15 is 0 Å². The van der Waals surface area contributed by atoms with E-state index < -0.39 is 6.04 Å². The molecule has 39 heavy (non-hydrogen) atoms. The van der Waals surface area contributed by atoms with Crippen LogP contribution in [-0.2, 0) is 11.3 Å². The summed E-state index contributed by atoms with van der Waals surface area (Å²) in [5.74, 6) is 2.22. The molecule has 0 spiro atoms. The first-order valence-electron chi connectivity index (χ1n) is 13.3. The van der Waals surface area contributed by atoms with Crippen LogP contribution in [0.2, 0.25) is 0 Å². The van der Waals surface area contributed by atoms with Gasteiger partial charge < -0.3 is 24.1 Å². The fraction of sp³-hybridized carbons (Fsp3) is 0.429. The Labute approximate surface area is 226 Å². The molecule has 0 amide bonds. The van der Waals surface area contributed by atoms with Gasteiger partial charge in [-0.3, -0.25) is 9.69 Å². The molecule has 11 heteroatoms. The lowest BCUT2D eigenvalue weighted by atomic mass is 10.0. The summed E-state index contributed by atoms with van der Waals surface area (Å²) < 4.78 is 18.7. The van der Waals surface area contributed by atoms with Crippen molar-refractivity contribution < 1.29 is 14.2 Å². The Morgan fingerprint density at radius 3 is 2.69 bits per heavy atom. The first kappa shape index (κ1) is 25.3. The molecule has 6 rings (SSSR count). The zero-order valence-electron chi connectivity index (χ0n) is 22.2. The summed E-state index contributed by atoms with van der Waals surface area (Å²) in [6.45, 7) is 4.27. The molecule has 2 fully saturated rings. The van der Waals surface area contributed by atoms with E-state index in [4.69, 9.17) is 14.2 Å². The maximum atomic E-state index is 13.5. The van der Waals surface area contributed by atoms with Crippen LogP contribution in [0.3, 0.4) is 0 Å². The van der Waals surface area contributed by atoms with E-state index in [9.17, 15) is 4.79 Å². The maximum Gasteiger partial charge on any atom is 0.253 e. The number of methoxy groups -OCH3 is 2. The van der Waals surface area contributed by atoms with Crippen LogP contribution in [0.4, 0.5) is 5.69 Å². The molecule has 0 saturated carbocycles. The van der Waals surface area contributed by atoms with Gasteiger partial charge in [0.15, 0.2) is 5.82 Å². The third-order valence-corrected chi connectivity index (χ3v) is 7.68. The summed E-state index contributed by atoms with van der Waals surface area (Å²) >= 11 is 0. The molecule has 0 radical (unpaired) electrons. The van der Waals surface area contributed by atoms with Gasteiger partial charge in [-0.25, -0.2) is 4.68 Å². The molecule has 1 N–H and O–H groups in total. The summed E-state index contributed by atoms with van der Waals surface area (Å²) in [6, 6.07) is 15.2. The lowest BCUT2D eigenvalue weighted by Crippen LogP contribution is -2.49. The smallest absolute Gasteiger partial charge is 0.253 e. The molecule has 0 bridgehead atoms. The standard InChI is InChI=1S/C28H33N7O4/c1-37-20-9-10-23-19(16-20)17-22(28(36)29-23)26(27-30-31-32-35(27)18-21-6-5-15-39-21)34-13-11-33(12-14-34)24-7-3-4-8-25(24)38-2/h3-4,7-10,16-17,21,26H,5-6,11-15,18H2,1-2H3,(H,29,36)/t21-,26+/m1/s1. The van der Waals surface area contributed by atoms with Crippen LogP contribution in [-0.4, -0.2) is 83.2 Å². The number of fused-ring (bicyclic) bond motifs is 1. The summed E-state index contributed by atoms with van der Waals surface area (Å²) in [6.07, 6.45) is 2.06. The van der Waals surface area contributed by atoms with Crippen molar-refractivity contribution in [2.24, 2.45) is 0 Å². The minimum Gasteiger partial charge on any atom is -0.497 e. The van der Waals surface area contributed by atoms with Gasteiger partial charge in [0.05, 0.1) is 32.6 Å². The molecular formula is C28H33N7O4. The van der Waals surface area contributed by atoms with Gasteiger partial charge in [0.1, 0.15) is 17.5 Å². The Hall–Kier alpha value is -3.96. The first-order valence-corrected chi connectivity index (χ1v) is 13.3. The molecule has 2 atom stereocenters. The fourth-order valence-electron chi connectivity index (χ4n) is 5.66. The molecule has 0 unspecified atom stereocenters.